The van der Waals surface area contributed by atoms with Gasteiger partial charge in [-0.05, 0) is 29.1 Å². The van der Waals surface area contributed by atoms with Crippen LogP contribution >= 0.6 is 48.8 Å². The number of halogens is 3. The highest BCUT2D eigenvalue weighted by molar-refractivity contribution is 9.12. The fourth-order valence-corrected chi connectivity index (χ4v) is 2.73. The molecule has 1 aromatic heterocycles. The zero-order valence-electron chi connectivity index (χ0n) is 12.4. The molecule has 0 bridgehead atoms. The molecule has 1 aliphatic heterocycles. The van der Waals surface area contributed by atoms with Crippen molar-refractivity contribution in [3.8, 4) is 10.8 Å². The van der Waals surface area contributed by atoms with Crippen molar-refractivity contribution in [1.82, 2.24) is 5.01 Å². The zero-order chi connectivity index (χ0) is 16.1. The zero-order valence-corrected chi connectivity index (χ0v) is 17.2. The molecule has 1 aromatic carbocycles. The van der Waals surface area contributed by atoms with E-state index < -0.39 is 0 Å². The third-order valence-corrected chi connectivity index (χ3v) is 3.98. The van der Waals surface area contributed by atoms with Crippen molar-refractivity contribution in [2.45, 2.75) is 6.04 Å². The van der Waals surface area contributed by atoms with E-state index in [0.29, 0.717) is 18.2 Å². The standard InChI is InChI=1S/C17H12Br2N2O2.BrH/c18-9-5-10-21-16(14-8-4-11-22-14)15(12-19)23-17(20-21)13-6-2-1-3-7-13;/h1-4,6-8,11-12,16H,10H2;1H. The van der Waals surface area contributed by atoms with E-state index in [0.717, 1.165) is 11.3 Å². The normalized spacial score (nSPS) is 18.1. The monoisotopic (exact) mass is 514 g/mol. The van der Waals surface area contributed by atoms with Crippen LogP contribution in [0.4, 0.5) is 0 Å². The van der Waals surface area contributed by atoms with E-state index in [9.17, 15) is 0 Å². The second-order valence-electron chi connectivity index (χ2n) is 4.67. The summed E-state index contributed by atoms with van der Waals surface area (Å²) < 4.78 is 11.5. The van der Waals surface area contributed by atoms with E-state index in [2.05, 4.69) is 47.7 Å². The number of ether oxygens (including phenoxy) is 1. The van der Waals surface area contributed by atoms with E-state index >= 15 is 0 Å². The van der Waals surface area contributed by atoms with Gasteiger partial charge >= 0.3 is 0 Å². The maximum Gasteiger partial charge on any atom is 0.243 e. The van der Waals surface area contributed by atoms with Gasteiger partial charge < -0.3 is 9.15 Å². The molecule has 7 heteroatoms. The van der Waals surface area contributed by atoms with Gasteiger partial charge in [0.1, 0.15) is 11.5 Å². The molecule has 0 radical (unpaired) electrons. The number of furan rings is 1. The molecule has 1 unspecified atom stereocenters. The lowest BCUT2D eigenvalue weighted by Gasteiger charge is -2.32. The summed E-state index contributed by atoms with van der Waals surface area (Å²) in [6.07, 6.45) is 1.63. The summed E-state index contributed by atoms with van der Waals surface area (Å²) in [5.41, 5.74) is 0.897. The first-order valence-electron chi connectivity index (χ1n) is 6.84. The maximum atomic E-state index is 5.97. The predicted molar refractivity (Wildman–Crippen MR) is 106 cm³/mol. The molecule has 0 amide bonds. The Bertz CT molecular complexity index is 777. The minimum absolute atomic E-state index is 0. The molecule has 0 N–H and O–H groups in total. The van der Waals surface area contributed by atoms with Gasteiger partial charge in [-0.25, -0.2) is 0 Å². The lowest BCUT2D eigenvalue weighted by Crippen LogP contribution is -2.33. The largest absolute Gasteiger partial charge is 0.467 e. The van der Waals surface area contributed by atoms with Crippen molar-refractivity contribution < 1.29 is 9.15 Å². The quantitative estimate of drug-likeness (QED) is 0.527. The van der Waals surface area contributed by atoms with Gasteiger partial charge in [0.2, 0.25) is 5.90 Å². The SMILES string of the molecule is Br.BrC#CCN1N=C(c2ccccc2)OC(=CBr)C1c1ccco1. The van der Waals surface area contributed by atoms with Crippen LogP contribution in [-0.4, -0.2) is 17.5 Å². The minimum atomic E-state index is -0.273. The average Bonchev–Trinajstić information content (AvgIpc) is 3.14. The van der Waals surface area contributed by atoms with E-state index in [1.165, 1.54) is 0 Å². The van der Waals surface area contributed by atoms with Gasteiger partial charge in [-0.15, -0.1) is 22.1 Å². The fraction of sp³-hybridized carbons (Fsp3) is 0.118. The van der Waals surface area contributed by atoms with E-state index in [4.69, 9.17) is 9.15 Å². The van der Waals surface area contributed by atoms with E-state index in [1.807, 2.05) is 47.5 Å². The molecular formula is C17H13Br3N2O2. The molecule has 3 rings (SSSR count). The van der Waals surface area contributed by atoms with E-state index in [1.54, 1.807) is 11.2 Å². The first-order chi connectivity index (χ1) is 11.3. The smallest absolute Gasteiger partial charge is 0.243 e. The molecule has 4 nitrogen and oxygen atoms in total. The first-order valence-corrected chi connectivity index (χ1v) is 8.55. The molecule has 24 heavy (non-hydrogen) atoms. The molecule has 2 heterocycles. The summed E-state index contributed by atoms with van der Waals surface area (Å²) >= 11 is 6.50. The summed E-state index contributed by atoms with van der Waals surface area (Å²) in [5.74, 6) is 4.92. The Hall–Kier alpha value is -1.49. The van der Waals surface area contributed by atoms with Crippen LogP contribution in [0.25, 0.3) is 0 Å². The van der Waals surface area contributed by atoms with Crippen LogP contribution in [0.1, 0.15) is 17.4 Å². The predicted octanol–water partition coefficient (Wildman–Crippen LogP) is 5.18. The Kier molecular flexibility index (Phi) is 7.16. The summed E-state index contributed by atoms with van der Waals surface area (Å²) in [4.78, 5) is 4.46. The maximum absolute atomic E-state index is 5.97. The fourth-order valence-electron chi connectivity index (χ4n) is 2.26. The Morgan fingerprint density at radius 3 is 2.62 bits per heavy atom. The number of nitrogens with zero attached hydrogens (tertiary/aromatic N) is 2. The second kappa shape index (κ2) is 9.11. The van der Waals surface area contributed by atoms with Gasteiger partial charge in [-0.1, -0.05) is 40.0 Å². The van der Waals surface area contributed by atoms with Crippen molar-refractivity contribution in [1.29, 1.82) is 0 Å². The molecule has 124 valence electrons. The van der Waals surface area contributed by atoms with Gasteiger partial charge in [-0.2, -0.15) is 0 Å². The molecule has 0 saturated carbocycles. The third kappa shape index (κ3) is 4.12. The molecule has 0 fully saturated rings. The molecule has 1 atom stereocenters. The summed E-state index contributed by atoms with van der Waals surface area (Å²) in [6.45, 7) is 0.431. The highest BCUT2D eigenvalue weighted by Crippen LogP contribution is 2.34. The van der Waals surface area contributed by atoms with Gasteiger partial charge in [-0.3, -0.25) is 5.01 Å². The van der Waals surface area contributed by atoms with Crippen molar-refractivity contribution in [3.05, 3.63) is 70.8 Å². The number of rotatable bonds is 3. The van der Waals surface area contributed by atoms with Gasteiger partial charge in [0.15, 0.2) is 6.04 Å². The Labute approximate surface area is 167 Å². The van der Waals surface area contributed by atoms with Crippen molar-refractivity contribution in [2.75, 3.05) is 6.54 Å². The van der Waals surface area contributed by atoms with Gasteiger partial charge in [0, 0.05) is 26.5 Å². The topological polar surface area (TPSA) is 38.0 Å². The third-order valence-electron chi connectivity index (χ3n) is 3.25. The van der Waals surface area contributed by atoms with Crippen LogP contribution in [0.2, 0.25) is 0 Å². The Morgan fingerprint density at radius 1 is 1.21 bits per heavy atom. The molecular weight excluding hydrogens is 504 g/mol. The minimum Gasteiger partial charge on any atom is -0.467 e. The molecule has 1 aliphatic rings. The van der Waals surface area contributed by atoms with Gasteiger partial charge in [0.05, 0.1) is 12.8 Å². The Morgan fingerprint density at radius 2 is 2.00 bits per heavy atom. The van der Waals surface area contributed by atoms with Crippen molar-refractivity contribution in [3.63, 3.8) is 0 Å². The second-order valence-corrected chi connectivity index (χ2v) is 5.53. The van der Waals surface area contributed by atoms with Crippen LogP contribution < -0.4 is 0 Å². The van der Waals surface area contributed by atoms with Crippen molar-refractivity contribution >= 4 is 54.7 Å². The molecule has 2 aromatic rings. The first kappa shape index (κ1) is 18.8. The van der Waals surface area contributed by atoms with Crippen molar-refractivity contribution in [2.24, 2.45) is 5.10 Å². The highest BCUT2D eigenvalue weighted by Gasteiger charge is 2.33. The van der Waals surface area contributed by atoms with Gasteiger partial charge in [0.25, 0.3) is 0 Å². The van der Waals surface area contributed by atoms with E-state index in [-0.39, 0.29) is 23.0 Å². The van der Waals surface area contributed by atoms with Crippen LogP contribution in [0.15, 0.2) is 69.0 Å². The molecule has 0 spiro atoms. The summed E-state index contributed by atoms with van der Waals surface area (Å²) in [5, 5.41) is 6.45. The van der Waals surface area contributed by atoms with Crippen LogP contribution in [-0.2, 0) is 4.74 Å². The van der Waals surface area contributed by atoms with Crippen LogP contribution in [0.5, 0.6) is 0 Å². The molecule has 0 aliphatic carbocycles. The number of hydrazone groups is 1. The van der Waals surface area contributed by atoms with Crippen LogP contribution in [0, 0.1) is 10.8 Å². The van der Waals surface area contributed by atoms with Crippen LogP contribution in [0.3, 0.4) is 0 Å². The highest BCUT2D eigenvalue weighted by atomic mass is 79.9. The average molecular weight is 517 g/mol. The summed E-state index contributed by atoms with van der Waals surface area (Å²) in [7, 11) is 0. The summed E-state index contributed by atoms with van der Waals surface area (Å²) in [6, 6.07) is 13.2. The number of hydrogen-bond acceptors (Lipinski definition) is 4. The Balaban J connectivity index is 0.00000208. The lowest BCUT2D eigenvalue weighted by atomic mass is 10.1. The lowest BCUT2D eigenvalue weighted by molar-refractivity contribution is 0.151. The number of hydrogen-bond donors (Lipinski definition) is 0. The number of benzene rings is 1. The molecule has 0 saturated heterocycles.